The Morgan fingerprint density at radius 3 is 1.30 bits per heavy atom. The van der Waals surface area contributed by atoms with Crippen LogP contribution < -0.4 is 0 Å². The van der Waals surface area contributed by atoms with E-state index >= 15 is 0 Å². The van der Waals surface area contributed by atoms with E-state index in [4.69, 9.17) is 18.9 Å². The summed E-state index contributed by atoms with van der Waals surface area (Å²) in [6.45, 7) is 9.76. The van der Waals surface area contributed by atoms with Crippen LogP contribution in [-0.4, -0.2) is 32.9 Å². The molecule has 0 heterocycles. The van der Waals surface area contributed by atoms with Crippen molar-refractivity contribution in [3.63, 3.8) is 0 Å². The molecule has 0 aromatic heterocycles. The molecule has 0 aromatic carbocycles. The molecule has 0 bridgehead atoms. The van der Waals surface area contributed by atoms with Gasteiger partial charge >= 0.3 is 0 Å². The van der Waals surface area contributed by atoms with Gasteiger partial charge in [-0.2, -0.15) is 0 Å². The summed E-state index contributed by atoms with van der Waals surface area (Å²) in [6, 6.07) is 0. The van der Waals surface area contributed by atoms with E-state index in [1.807, 2.05) is 6.26 Å². The highest BCUT2D eigenvalue weighted by molar-refractivity contribution is 4.72. The summed E-state index contributed by atoms with van der Waals surface area (Å²) in [6.07, 6.45) is 41.7. The Balaban J connectivity index is 3.63. The van der Waals surface area contributed by atoms with Crippen molar-refractivity contribution in [1.82, 2.24) is 0 Å². The molecule has 4 heteroatoms. The van der Waals surface area contributed by atoms with Crippen LogP contribution >= 0.6 is 0 Å². The van der Waals surface area contributed by atoms with Crippen molar-refractivity contribution in [2.45, 2.75) is 213 Å². The largest absolute Gasteiger partial charge is 0.475 e. The number of rotatable bonds is 38. The van der Waals surface area contributed by atoms with E-state index in [-0.39, 0.29) is 6.29 Å². The van der Waals surface area contributed by atoms with Crippen molar-refractivity contribution in [3.05, 3.63) is 12.3 Å². The normalized spacial score (nSPS) is 11.8. The Bertz CT molecular complexity index is 491. The zero-order valence-corrected chi connectivity index (χ0v) is 29.7. The second-order valence-corrected chi connectivity index (χ2v) is 12.8. The summed E-state index contributed by atoms with van der Waals surface area (Å²) in [5, 5.41) is 0. The minimum absolute atomic E-state index is 0.0170. The molecule has 0 aromatic rings. The smallest absolute Gasteiger partial charge is 0.188 e. The van der Waals surface area contributed by atoms with Crippen LogP contribution in [0.3, 0.4) is 0 Å². The van der Waals surface area contributed by atoms with Crippen molar-refractivity contribution in [3.8, 4) is 0 Å². The molecule has 0 radical (unpaired) electrons. The molecule has 4 nitrogen and oxygen atoms in total. The average molecular weight is 611 g/mol. The molecule has 0 amide bonds. The monoisotopic (exact) mass is 611 g/mol. The van der Waals surface area contributed by atoms with Crippen LogP contribution in [0.4, 0.5) is 0 Å². The Morgan fingerprint density at radius 2 is 0.814 bits per heavy atom. The Labute approximate surface area is 270 Å². The van der Waals surface area contributed by atoms with Gasteiger partial charge in [-0.1, -0.05) is 162 Å². The zero-order chi connectivity index (χ0) is 31.2. The summed E-state index contributed by atoms with van der Waals surface area (Å²) in [5.41, 5.74) is 0. The highest BCUT2D eigenvalue weighted by Crippen LogP contribution is 2.15. The fraction of sp³-hybridized carbons (Fsp3) is 0.949. The van der Waals surface area contributed by atoms with Crippen LogP contribution in [0.5, 0.6) is 0 Å². The number of ether oxygens (including phenoxy) is 4. The Morgan fingerprint density at radius 1 is 0.419 bits per heavy atom. The lowest BCUT2D eigenvalue weighted by Crippen LogP contribution is -2.19. The first kappa shape index (κ1) is 42.4. The predicted molar refractivity (Wildman–Crippen MR) is 188 cm³/mol. The first-order valence-corrected chi connectivity index (χ1v) is 19.4. The van der Waals surface area contributed by atoms with E-state index in [9.17, 15) is 0 Å². The minimum atomic E-state index is 0.0170. The average Bonchev–Trinajstić information content (AvgIpc) is 3.02. The van der Waals surface area contributed by atoms with E-state index in [0.717, 1.165) is 39.1 Å². The highest BCUT2D eigenvalue weighted by atomic mass is 16.7. The van der Waals surface area contributed by atoms with E-state index in [1.54, 1.807) is 0 Å². The molecular formula is C39H78O4. The van der Waals surface area contributed by atoms with E-state index in [0.29, 0.717) is 6.79 Å². The molecule has 0 spiro atoms. The molecule has 0 atom stereocenters. The second kappa shape index (κ2) is 39.4. The fourth-order valence-electron chi connectivity index (χ4n) is 5.49. The molecule has 0 fully saturated rings. The summed E-state index contributed by atoms with van der Waals surface area (Å²) in [7, 11) is 0. The predicted octanol–water partition coefficient (Wildman–Crippen LogP) is 13.2. The van der Waals surface area contributed by atoms with Crippen molar-refractivity contribution in [2.24, 2.45) is 0 Å². The number of allylic oxidation sites excluding steroid dienone is 1. The third-order valence-electron chi connectivity index (χ3n) is 8.40. The molecular weight excluding hydrogens is 532 g/mol. The molecule has 0 saturated heterocycles. The molecule has 0 unspecified atom stereocenters. The van der Waals surface area contributed by atoms with Gasteiger partial charge in [-0.3, -0.25) is 0 Å². The maximum atomic E-state index is 6.20. The molecule has 0 aliphatic rings. The second-order valence-electron chi connectivity index (χ2n) is 12.8. The molecule has 0 aliphatic carbocycles. The number of hydrogen-bond donors (Lipinski definition) is 0. The molecule has 0 aliphatic heterocycles. The summed E-state index contributed by atoms with van der Waals surface area (Å²) < 4.78 is 23.4. The van der Waals surface area contributed by atoms with Crippen LogP contribution in [0, 0.1) is 0 Å². The topological polar surface area (TPSA) is 36.9 Å². The zero-order valence-electron chi connectivity index (χ0n) is 29.7. The van der Waals surface area contributed by atoms with Gasteiger partial charge in [-0.05, 0) is 51.0 Å². The van der Waals surface area contributed by atoms with Gasteiger partial charge in [0, 0.05) is 13.2 Å². The molecule has 0 saturated carbocycles. The standard InChI is InChI=1S/C39H78O4/c1-4-7-10-13-24-29-34-40-38-41-35-30-25-22-20-18-16-17-19-21-23-28-33-39(42-36-31-26-14-11-8-5-2)43-37-32-27-15-12-9-6-3/h30,35,39H,4-29,31-34,36-38H2,1-3H3. The number of unbranched alkanes of at least 4 members (excludes halogenated alkanes) is 24. The summed E-state index contributed by atoms with van der Waals surface area (Å²) in [4.78, 5) is 0. The molecule has 0 rings (SSSR count). The lowest BCUT2D eigenvalue weighted by molar-refractivity contribution is -0.148. The first-order chi connectivity index (χ1) is 21.3. The third-order valence-corrected chi connectivity index (χ3v) is 8.40. The van der Waals surface area contributed by atoms with Crippen molar-refractivity contribution in [1.29, 1.82) is 0 Å². The van der Waals surface area contributed by atoms with Gasteiger partial charge in [-0.25, -0.2) is 0 Å². The lowest BCUT2D eigenvalue weighted by atomic mass is 10.1. The number of hydrogen-bond acceptors (Lipinski definition) is 4. The van der Waals surface area contributed by atoms with Gasteiger partial charge in [0.25, 0.3) is 0 Å². The van der Waals surface area contributed by atoms with Crippen molar-refractivity contribution < 1.29 is 18.9 Å². The van der Waals surface area contributed by atoms with E-state index in [2.05, 4.69) is 26.8 Å². The SMILES string of the molecule is CCCCCCCCOCOC=CCCCCCCCCCCCC(OCCCCCCCC)OCCCCCCCC. The summed E-state index contributed by atoms with van der Waals surface area (Å²) in [5.74, 6) is 0. The first-order valence-electron chi connectivity index (χ1n) is 19.4. The van der Waals surface area contributed by atoms with Gasteiger partial charge in [-0.15, -0.1) is 0 Å². The van der Waals surface area contributed by atoms with Gasteiger partial charge in [0.2, 0.25) is 0 Å². The van der Waals surface area contributed by atoms with Gasteiger partial charge in [0.15, 0.2) is 13.1 Å². The van der Waals surface area contributed by atoms with Gasteiger partial charge in [0.1, 0.15) is 0 Å². The van der Waals surface area contributed by atoms with Crippen molar-refractivity contribution >= 4 is 0 Å². The molecule has 0 N–H and O–H groups in total. The van der Waals surface area contributed by atoms with E-state index < -0.39 is 0 Å². The quantitative estimate of drug-likeness (QED) is 0.0396. The van der Waals surface area contributed by atoms with Crippen LogP contribution in [0.2, 0.25) is 0 Å². The minimum Gasteiger partial charge on any atom is -0.475 e. The third kappa shape index (κ3) is 37.5. The van der Waals surface area contributed by atoms with Crippen LogP contribution in [0.1, 0.15) is 207 Å². The van der Waals surface area contributed by atoms with E-state index in [1.165, 1.54) is 167 Å². The maximum Gasteiger partial charge on any atom is 0.188 e. The molecule has 258 valence electrons. The van der Waals surface area contributed by atoms with Crippen molar-refractivity contribution in [2.75, 3.05) is 26.6 Å². The molecule has 43 heavy (non-hydrogen) atoms. The Kier molecular flexibility index (Phi) is 38.9. The van der Waals surface area contributed by atoms with Crippen LogP contribution in [-0.2, 0) is 18.9 Å². The Hall–Kier alpha value is -0.580. The lowest BCUT2D eigenvalue weighted by Gasteiger charge is -2.19. The van der Waals surface area contributed by atoms with Gasteiger partial charge in [0.05, 0.1) is 12.9 Å². The fourth-order valence-corrected chi connectivity index (χ4v) is 5.49. The van der Waals surface area contributed by atoms with Crippen LogP contribution in [0.15, 0.2) is 12.3 Å². The highest BCUT2D eigenvalue weighted by Gasteiger charge is 2.09. The maximum absolute atomic E-state index is 6.20. The van der Waals surface area contributed by atoms with Gasteiger partial charge < -0.3 is 18.9 Å². The van der Waals surface area contributed by atoms with Crippen LogP contribution in [0.25, 0.3) is 0 Å². The summed E-state index contributed by atoms with van der Waals surface area (Å²) >= 11 is 0.